The molecule has 12 heavy (non-hydrogen) atoms. The lowest BCUT2D eigenvalue weighted by atomic mass is 10.1. The normalized spacial score (nSPS) is 15.6. The molecule has 0 aliphatic heterocycles. The smallest absolute Gasteiger partial charge is 0.0702 e. The molecule has 66 valence electrons. The molecule has 1 aromatic carbocycles. The van der Waals surface area contributed by atoms with Gasteiger partial charge in [-0.25, -0.2) is 0 Å². The monoisotopic (exact) mass is 228 g/mol. The molecular weight excluding hydrogens is 216 g/mol. The van der Waals surface area contributed by atoms with Crippen LogP contribution in [0.25, 0.3) is 0 Å². The average Bonchev–Trinajstić information content (AvgIpc) is 2.06. The van der Waals surface area contributed by atoms with Crippen molar-refractivity contribution in [2.24, 2.45) is 0 Å². The molecule has 0 aliphatic rings. The largest absolute Gasteiger partial charge is 0.392 e. The van der Waals surface area contributed by atoms with Crippen LogP contribution in [0.5, 0.6) is 0 Å². The van der Waals surface area contributed by atoms with Gasteiger partial charge < -0.3 is 5.11 Å². The highest BCUT2D eigenvalue weighted by molar-refractivity contribution is 9.09. The molecule has 0 radical (unpaired) electrons. The van der Waals surface area contributed by atoms with Crippen LogP contribution in [0.15, 0.2) is 30.3 Å². The van der Waals surface area contributed by atoms with E-state index < -0.39 is 0 Å². The molecule has 1 nitrogen and oxygen atoms in total. The zero-order valence-electron chi connectivity index (χ0n) is 7.07. The maximum absolute atomic E-state index is 9.53. The Morgan fingerprint density at radius 3 is 2.42 bits per heavy atom. The van der Waals surface area contributed by atoms with Crippen molar-refractivity contribution in [1.82, 2.24) is 0 Å². The first kappa shape index (κ1) is 9.75. The summed E-state index contributed by atoms with van der Waals surface area (Å²) in [7, 11) is 0. The third kappa shape index (κ3) is 2.95. The minimum absolute atomic E-state index is 0.151. The van der Waals surface area contributed by atoms with Crippen molar-refractivity contribution in [3.63, 3.8) is 0 Å². The Labute approximate surface area is 81.6 Å². The maximum Gasteiger partial charge on any atom is 0.0702 e. The van der Waals surface area contributed by atoms with Gasteiger partial charge in [-0.3, -0.25) is 0 Å². The van der Waals surface area contributed by atoms with Gasteiger partial charge in [0, 0.05) is 4.83 Å². The summed E-state index contributed by atoms with van der Waals surface area (Å²) in [5, 5.41) is 9.53. The van der Waals surface area contributed by atoms with E-state index >= 15 is 0 Å². The first-order valence-corrected chi connectivity index (χ1v) is 4.98. The van der Waals surface area contributed by atoms with Gasteiger partial charge in [-0.1, -0.05) is 53.2 Å². The van der Waals surface area contributed by atoms with Crippen molar-refractivity contribution >= 4 is 15.9 Å². The predicted octanol–water partition coefficient (Wildman–Crippen LogP) is 2.37. The topological polar surface area (TPSA) is 20.2 Å². The fourth-order valence-electron chi connectivity index (χ4n) is 1.02. The number of hydrogen-bond donors (Lipinski definition) is 1. The predicted molar refractivity (Wildman–Crippen MR) is 54.5 cm³/mol. The highest BCUT2D eigenvalue weighted by Crippen LogP contribution is 2.10. The summed E-state index contributed by atoms with van der Waals surface area (Å²) < 4.78 is 0. The second-order valence-electron chi connectivity index (χ2n) is 2.93. The van der Waals surface area contributed by atoms with Crippen LogP contribution in [0.1, 0.15) is 12.5 Å². The third-order valence-corrected chi connectivity index (χ3v) is 2.43. The number of benzene rings is 1. The Balaban J connectivity index is 2.53. The number of aliphatic hydroxyl groups is 1. The van der Waals surface area contributed by atoms with E-state index in [1.54, 1.807) is 0 Å². The molecule has 0 saturated carbocycles. The van der Waals surface area contributed by atoms with Gasteiger partial charge in [-0.05, 0) is 12.0 Å². The van der Waals surface area contributed by atoms with Crippen LogP contribution < -0.4 is 0 Å². The van der Waals surface area contributed by atoms with Crippen molar-refractivity contribution in [3.8, 4) is 0 Å². The second-order valence-corrected chi connectivity index (χ2v) is 4.38. The fourth-order valence-corrected chi connectivity index (χ4v) is 1.20. The molecule has 0 heterocycles. The summed E-state index contributed by atoms with van der Waals surface area (Å²) >= 11 is 3.35. The van der Waals surface area contributed by atoms with Crippen LogP contribution in [0.3, 0.4) is 0 Å². The molecule has 0 bridgehead atoms. The van der Waals surface area contributed by atoms with Crippen molar-refractivity contribution in [2.45, 2.75) is 24.3 Å². The maximum atomic E-state index is 9.53. The van der Waals surface area contributed by atoms with E-state index in [1.165, 1.54) is 5.56 Å². The number of halogens is 1. The van der Waals surface area contributed by atoms with Crippen LogP contribution in [0.2, 0.25) is 0 Å². The Morgan fingerprint density at radius 1 is 1.33 bits per heavy atom. The molecule has 1 rings (SSSR count). The van der Waals surface area contributed by atoms with E-state index in [1.807, 2.05) is 37.3 Å². The summed E-state index contributed by atoms with van der Waals surface area (Å²) in [5.74, 6) is 0. The van der Waals surface area contributed by atoms with Crippen LogP contribution in [-0.4, -0.2) is 16.0 Å². The summed E-state index contributed by atoms with van der Waals surface area (Å²) in [6.45, 7) is 1.95. The Kier molecular flexibility index (Phi) is 3.76. The SMILES string of the molecule is CC(Br)C(O)Cc1ccccc1. The fraction of sp³-hybridized carbons (Fsp3) is 0.400. The van der Waals surface area contributed by atoms with Crippen molar-refractivity contribution in [3.05, 3.63) is 35.9 Å². The Bertz CT molecular complexity index is 221. The first-order valence-electron chi connectivity index (χ1n) is 4.06. The molecule has 2 atom stereocenters. The van der Waals surface area contributed by atoms with Gasteiger partial charge in [0.05, 0.1) is 6.10 Å². The quantitative estimate of drug-likeness (QED) is 0.789. The van der Waals surface area contributed by atoms with Gasteiger partial charge >= 0.3 is 0 Å². The standard InChI is InChI=1S/C10H13BrO/c1-8(11)10(12)7-9-5-3-2-4-6-9/h2-6,8,10,12H,7H2,1H3. The molecule has 0 saturated heterocycles. The number of hydrogen-bond acceptors (Lipinski definition) is 1. The molecule has 2 heteroatoms. The van der Waals surface area contributed by atoms with Gasteiger partial charge in [-0.15, -0.1) is 0 Å². The molecule has 0 fully saturated rings. The summed E-state index contributed by atoms with van der Waals surface area (Å²) in [5.41, 5.74) is 1.18. The van der Waals surface area contributed by atoms with Crippen molar-refractivity contribution in [1.29, 1.82) is 0 Å². The lowest BCUT2D eigenvalue weighted by Crippen LogP contribution is -2.19. The minimum Gasteiger partial charge on any atom is -0.392 e. The molecule has 0 amide bonds. The zero-order chi connectivity index (χ0) is 8.97. The Hall–Kier alpha value is -0.340. The lowest BCUT2D eigenvalue weighted by Gasteiger charge is -2.12. The van der Waals surface area contributed by atoms with E-state index in [-0.39, 0.29) is 10.9 Å². The number of alkyl halides is 1. The van der Waals surface area contributed by atoms with E-state index in [4.69, 9.17) is 0 Å². The highest BCUT2D eigenvalue weighted by Gasteiger charge is 2.10. The molecular formula is C10H13BrO. The first-order chi connectivity index (χ1) is 5.70. The lowest BCUT2D eigenvalue weighted by molar-refractivity contribution is 0.178. The highest BCUT2D eigenvalue weighted by atomic mass is 79.9. The van der Waals surface area contributed by atoms with Gasteiger partial charge in [0.2, 0.25) is 0 Å². The van der Waals surface area contributed by atoms with E-state index in [9.17, 15) is 5.11 Å². The van der Waals surface area contributed by atoms with Crippen LogP contribution >= 0.6 is 15.9 Å². The molecule has 2 unspecified atom stereocenters. The van der Waals surface area contributed by atoms with Gasteiger partial charge in [0.25, 0.3) is 0 Å². The number of rotatable bonds is 3. The van der Waals surface area contributed by atoms with E-state index in [0.717, 1.165) is 0 Å². The molecule has 0 spiro atoms. The molecule has 0 aliphatic carbocycles. The molecule has 1 aromatic rings. The zero-order valence-corrected chi connectivity index (χ0v) is 8.66. The van der Waals surface area contributed by atoms with Crippen molar-refractivity contribution < 1.29 is 5.11 Å². The van der Waals surface area contributed by atoms with Crippen molar-refractivity contribution in [2.75, 3.05) is 0 Å². The van der Waals surface area contributed by atoms with Gasteiger partial charge in [-0.2, -0.15) is 0 Å². The minimum atomic E-state index is -0.299. The molecule has 0 aromatic heterocycles. The number of aliphatic hydroxyl groups excluding tert-OH is 1. The van der Waals surface area contributed by atoms with Crippen LogP contribution in [0, 0.1) is 0 Å². The third-order valence-electron chi connectivity index (χ3n) is 1.82. The average molecular weight is 229 g/mol. The van der Waals surface area contributed by atoms with E-state index in [0.29, 0.717) is 6.42 Å². The van der Waals surface area contributed by atoms with Gasteiger partial charge in [0.1, 0.15) is 0 Å². The molecule has 1 N–H and O–H groups in total. The van der Waals surface area contributed by atoms with Crippen LogP contribution in [0.4, 0.5) is 0 Å². The Morgan fingerprint density at radius 2 is 1.92 bits per heavy atom. The van der Waals surface area contributed by atoms with E-state index in [2.05, 4.69) is 15.9 Å². The summed E-state index contributed by atoms with van der Waals surface area (Å²) in [4.78, 5) is 0.151. The summed E-state index contributed by atoms with van der Waals surface area (Å²) in [6.07, 6.45) is 0.417. The second kappa shape index (κ2) is 4.63. The van der Waals surface area contributed by atoms with Gasteiger partial charge in [0.15, 0.2) is 0 Å². The van der Waals surface area contributed by atoms with Crippen LogP contribution in [-0.2, 0) is 6.42 Å². The summed E-state index contributed by atoms with van der Waals surface area (Å²) in [6, 6.07) is 10.0.